The van der Waals surface area contributed by atoms with Crippen LogP contribution in [0.3, 0.4) is 0 Å². The first-order chi connectivity index (χ1) is 14.9. The molecule has 6 N–H and O–H groups in total. The van der Waals surface area contributed by atoms with Gasteiger partial charge in [-0.3, -0.25) is 15.0 Å². The first kappa shape index (κ1) is 21.9. The molecular weight excluding hydrogens is 412 g/mol. The summed E-state index contributed by atoms with van der Waals surface area (Å²) in [6.07, 6.45) is -0.0127. The van der Waals surface area contributed by atoms with Gasteiger partial charge in [0.05, 0.1) is 6.42 Å². The maximum atomic E-state index is 12.6. The minimum absolute atomic E-state index is 0.0127. The summed E-state index contributed by atoms with van der Waals surface area (Å²) in [6, 6.07) is 23.4. The molecule has 158 valence electrons. The lowest BCUT2D eigenvalue weighted by atomic mass is 10.1. The molecule has 0 saturated heterocycles. The summed E-state index contributed by atoms with van der Waals surface area (Å²) in [6.45, 7) is 0. The number of carboxylic acid groups (broad SMARTS) is 1. The summed E-state index contributed by atoms with van der Waals surface area (Å²) < 4.78 is 0. The van der Waals surface area contributed by atoms with Crippen molar-refractivity contribution in [2.24, 2.45) is 5.73 Å². The third-order valence-electron chi connectivity index (χ3n) is 4.31. The van der Waals surface area contributed by atoms with Crippen LogP contribution in [0.2, 0.25) is 0 Å². The number of benzene rings is 3. The Labute approximate surface area is 184 Å². The Morgan fingerprint density at radius 1 is 0.935 bits per heavy atom. The lowest BCUT2D eigenvalue weighted by Crippen LogP contribution is -2.20. The number of carbonyl (C=O) groups is 2. The first-order valence-electron chi connectivity index (χ1n) is 9.46. The minimum atomic E-state index is -0.870. The molecule has 0 saturated carbocycles. The number of amides is 1. The minimum Gasteiger partial charge on any atom is -0.481 e. The number of guanidine groups is 1. The van der Waals surface area contributed by atoms with E-state index in [1.807, 2.05) is 48.5 Å². The van der Waals surface area contributed by atoms with Crippen molar-refractivity contribution in [2.75, 3.05) is 10.6 Å². The van der Waals surface area contributed by atoms with Crippen LogP contribution < -0.4 is 16.4 Å². The number of rotatable bonds is 8. The van der Waals surface area contributed by atoms with Crippen LogP contribution in [-0.2, 0) is 4.79 Å². The van der Waals surface area contributed by atoms with Crippen molar-refractivity contribution in [3.8, 4) is 0 Å². The smallest absolute Gasteiger partial charge is 0.304 e. The maximum Gasteiger partial charge on any atom is 0.304 e. The number of thioether (sulfide) groups is 1. The van der Waals surface area contributed by atoms with Gasteiger partial charge in [-0.05, 0) is 42.0 Å². The Morgan fingerprint density at radius 3 is 2.29 bits per heavy atom. The molecule has 0 bridgehead atoms. The summed E-state index contributed by atoms with van der Waals surface area (Å²) in [5.74, 6) is -1.39. The molecule has 0 heterocycles. The molecule has 3 aromatic carbocycles. The van der Waals surface area contributed by atoms with Gasteiger partial charge in [0.1, 0.15) is 0 Å². The van der Waals surface area contributed by atoms with E-state index in [0.29, 0.717) is 16.9 Å². The molecular formula is C23H22N4O3S. The second kappa shape index (κ2) is 10.3. The van der Waals surface area contributed by atoms with Gasteiger partial charge in [-0.1, -0.05) is 42.5 Å². The Balaban J connectivity index is 1.74. The third-order valence-corrected chi connectivity index (χ3v) is 5.55. The van der Waals surface area contributed by atoms with Gasteiger partial charge in [0.2, 0.25) is 0 Å². The van der Waals surface area contributed by atoms with Crippen LogP contribution in [0.15, 0.2) is 83.8 Å². The molecule has 0 aromatic heterocycles. The molecule has 3 aromatic rings. The summed E-state index contributed by atoms with van der Waals surface area (Å²) in [5.41, 5.74) is 7.82. The van der Waals surface area contributed by atoms with Crippen LogP contribution >= 0.6 is 11.8 Å². The largest absolute Gasteiger partial charge is 0.481 e. The van der Waals surface area contributed by atoms with E-state index in [-0.39, 0.29) is 23.5 Å². The van der Waals surface area contributed by atoms with E-state index in [9.17, 15) is 14.7 Å². The van der Waals surface area contributed by atoms with Gasteiger partial charge in [-0.2, -0.15) is 0 Å². The molecule has 0 aliphatic heterocycles. The highest BCUT2D eigenvalue weighted by molar-refractivity contribution is 7.99. The molecule has 7 nitrogen and oxygen atoms in total. The molecule has 31 heavy (non-hydrogen) atoms. The number of nitrogens with one attached hydrogen (secondary N) is 3. The summed E-state index contributed by atoms with van der Waals surface area (Å²) in [5, 5.41) is 21.9. The molecule has 0 radical (unpaired) electrons. The van der Waals surface area contributed by atoms with Gasteiger partial charge in [0, 0.05) is 27.1 Å². The normalized spacial score (nSPS) is 11.4. The van der Waals surface area contributed by atoms with Crippen molar-refractivity contribution in [2.45, 2.75) is 16.6 Å². The van der Waals surface area contributed by atoms with Crippen molar-refractivity contribution in [1.29, 1.82) is 5.41 Å². The fraction of sp³-hybridized carbons (Fsp3) is 0.0870. The van der Waals surface area contributed by atoms with Gasteiger partial charge in [0.25, 0.3) is 5.91 Å². The second-order valence-electron chi connectivity index (χ2n) is 6.72. The standard InChI is InChI=1S/C23H22N4O3S/c24-23(25)27-17-9-4-8-16(12-17)22(30)26-18-10-5-11-19(13-18)31-20(14-21(28)29)15-6-2-1-3-7-15/h1-13,20H,14H2,(H,26,30)(H,28,29)(H4,24,25,27). The van der Waals surface area contributed by atoms with Crippen molar-refractivity contribution in [1.82, 2.24) is 0 Å². The number of hydrogen-bond acceptors (Lipinski definition) is 4. The number of hydrogen-bond donors (Lipinski definition) is 5. The topological polar surface area (TPSA) is 128 Å². The zero-order chi connectivity index (χ0) is 22.2. The Bertz CT molecular complexity index is 1090. The molecule has 1 amide bonds. The van der Waals surface area contributed by atoms with Crippen LogP contribution in [0, 0.1) is 5.41 Å². The average molecular weight is 435 g/mol. The predicted octanol–water partition coefficient (Wildman–Crippen LogP) is 4.55. The van der Waals surface area contributed by atoms with Crippen molar-refractivity contribution in [3.05, 3.63) is 90.0 Å². The van der Waals surface area contributed by atoms with Gasteiger partial charge in [-0.15, -0.1) is 11.8 Å². The molecule has 3 rings (SSSR count). The SMILES string of the molecule is N=C(N)Nc1cccc(C(=O)Nc2cccc(SC(CC(=O)O)c3ccccc3)c2)c1. The zero-order valence-electron chi connectivity index (χ0n) is 16.5. The average Bonchev–Trinajstić information content (AvgIpc) is 2.73. The summed E-state index contributed by atoms with van der Waals surface area (Å²) in [4.78, 5) is 24.8. The maximum absolute atomic E-state index is 12.6. The molecule has 1 atom stereocenters. The van der Waals surface area contributed by atoms with E-state index in [1.165, 1.54) is 11.8 Å². The molecule has 0 fully saturated rings. The van der Waals surface area contributed by atoms with Gasteiger partial charge >= 0.3 is 5.97 Å². The Hall–Kier alpha value is -3.78. The fourth-order valence-corrected chi connectivity index (χ4v) is 4.16. The zero-order valence-corrected chi connectivity index (χ0v) is 17.4. The van der Waals surface area contributed by atoms with E-state index in [2.05, 4.69) is 10.6 Å². The van der Waals surface area contributed by atoms with Crippen molar-refractivity contribution < 1.29 is 14.7 Å². The molecule has 8 heteroatoms. The van der Waals surface area contributed by atoms with Crippen LogP contribution in [0.1, 0.15) is 27.6 Å². The first-order valence-corrected chi connectivity index (χ1v) is 10.3. The van der Waals surface area contributed by atoms with Crippen molar-refractivity contribution in [3.63, 3.8) is 0 Å². The van der Waals surface area contributed by atoms with Crippen molar-refractivity contribution >= 4 is 41.0 Å². The highest BCUT2D eigenvalue weighted by Gasteiger charge is 2.17. The molecule has 0 aliphatic carbocycles. The quantitative estimate of drug-likeness (QED) is 0.201. The Morgan fingerprint density at radius 2 is 1.61 bits per heavy atom. The number of aliphatic carboxylic acids is 1. The van der Waals surface area contributed by atoms with Crippen LogP contribution in [0.5, 0.6) is 0 Å². The number of anilines is 2. The highest BCUT2D eigenvalue weighted by Crippen LogP contribution is 2.38. The Kier molecular flexibility index (Phi) is 7.29. The summed E-state index contributed by atoms with van der Waals surface area (Å²) in [7, 11) is 0. The van der Waals surface area contributed by atoms with Crippen LogP contribution in [0.25, 0.3) is 0 Å². The lowest BCUT2D eigenvalue weighted by molar-refractivity contribution is -0.137. The summed E-state index contributed by atoms with van der Waals surface area (Å²) >= 11 is 1.44. The lowest BCUT2D eigenvalue weighted by Gasteiger charge is -2.16. The van der Waals surface area contributed by atoms with E-state index in [4.69, 9.17) is 11.1 Å². The molecule has 1 unspecified atom stereocenters. The van der Waals surface area contributed by atoms with E-state index >= 15 is 0 Å². The molecule has 0 aliphatic rings. The number of carboxylic acids is 1. The van der Waals surface area contributed by atoms with Gasteiger partial charge < -0.3 is 21.5 Å². The number of carbonyl (C=O) groups excluding carboxylic acids is 1. The number of nitrogens with two attached hydrogens (primary N) is 1. The van der Waals surface area contributed by atoms with E-state index in [0.717, 1.165) is 10.5 Å². The van der Waals surface area contributed by atoms with E-state index < -0.39 is 5.97 Å². The highest BCUT2D eigenvalue weighted by atomic mass is 32.2. The van der Waals surface area contributed by atoms with Gasteiger partial charge in [-0.25, -0.2) is 0 Å². The monoisotopic (exact) mass is 434 g/mol. The predicted molar refractivity (Wildman–Crippen MR) is 124 cm³/mol. The molecule has 0 spiro atoms. The second-order valence-corrected chi connectivity index (χ2v) is 7.99. The van der Waals surface area contributed by atoms with E-state index in [1.54, 1.807) is 30.3 Å². The van der Waals surface area contributed by atoms with Gasteiger partial charge in [0.15, 0.2) is 5.96 Å². The third kappa shape index (κ3) is 6.61. The van der Waals surface area contributed by atoms with Crippen LogP contribution in [0.4, 0.5) is 11.4 Å². The fourth-order valence-electron chi connectivity index (χ4n) is 2.96. The van der Waals surface area contributed by atoms with Crippen LogP contribution in [-0.4, -0.2) is 22.9 Å².